The van der Waals surface area contributed by atoms with Gasteiger partial charge in [-0.2, -0.15) is 0 Å². The van der Waals surface area contributed by atoms with Gasteiger partial charge in [0.25, 0.3) is 5.91 Å². The summed E-state index contributed by atoms with van der Waals surface area (Å²) >= 11 is 0. The maximum absolute atomic E-state index is 13.5. The van der Waals surface area contributed by atoms with E-state index in [0.717, 1.165) is 66.9 Å². The maximum Gasteiger partial charge on any atom is 0.250 e. The fraction of sp³-hybridized carbons (Fsp3) is 0.333. The maximum atomic E-state index is 13.5. The van der Waals surface area contributed by atoms with Gasteiger partial charge in [-0.15, -0.1) is 0 Å². The van der Waals surface area contributed by atoms with Crippen LogP contribution in [0.1, 0.15) is 53.0 Å². The number of imidazole rings is 1. The molecule has 1 unspecified atom stereocenters. The number of rotatable bonds is 8. The Hall–Kier alpha value is -3.71. The molecule has 4 aromatic rings. The highest BCUT2D eigenvalue weighted by molar-refractivity contribution is 5.98. The van der Waals surface area contributed by atoms with E-state index in [-0.39, 0.29) is 5.82 Å². The van der Waals surface area contributed by atoms with Crippen molar-refractivity contribution < 1.29 is 9.18 Å². The molecule has 1 aromatic heterocycles. The van der Waals surface area contributed by atoms with Crippen molar-refractivity contribution >= 4 is 22.6 Å². The first-order valence-electron chi connectivity index (χ1n) is 13.0. The topological polar surface area (TPSA) is 90.2 Å². The number of carbonyl (C=O) groups excluding carboxylic acids is 1. The van der Waals surface area contributed by atoms with Crippen LogP contribution >= 0.6 is 0 Å². The third kappa shape index (κ3) is 5.37. The number of hydrogen-bond acceptors (Lipinski definition) is 4. The number of carbonyl (C=O) groups is 1. The zero-order valence-corrected chi connectivity index (χ0v) is 21.2. The minimum absolute atomic E-state index is 0.220. The molecule has 4 N–H and O–H groups in total. The van der Waals surface area contributed by atoms with E-state index < -0.39 is 5.91 Å². The third-order valence-electron chi connectivity index (χ3n) is 7.84. The van der Waals surface area contributed by atoms with Crippen molar-refractivity contribution in [3.8, 4) is 0 Å². The number of primary amides is 1. The first-order chi connectivity index (χ1) is 17.9. The molecule has 37 heavy (non-hydrogen) atoms. The van der Waals surface area contributed by atoms with Crippen LogP contribution < -0.4 is 11.5 Å². The van der Waals surface area contributed by atoms with Gasteiger partial charge in [-0.3, -0.25) is 4.79 Å². The van der Waals surface area contributed by atoms with Gasteiger partial charge < -0.3 is 20.9 Å². The van der Waals surface area contributed by atoms with Crippen LogP contribution in [0.3, 0.4) is 0 Å². The van der Waals surface area contributed by atoms with Gasteiger partial charge in [-0.25, -0.2) is 9.37 Å². The number of benzene rings is 3. The quantitative estimate of drug-likeness (QED) is 0.335. The molecule has 3 aromatic carbocycles. The Bertz CT molecular complexity index is 1390. The van der Waals surface area contributed by atoms with Gasteiger partial charge in [0.2, 0.25) is 0 Å². The van der Waals surface area contributed by atoms with Gasteiger partial charge >= 0.3 is 0 Å². The standard InChI is InChI=1S/C30H34FN5O/c1-20(22-13-16-35(17-14-22)18-15-23-5-4-6-25(28(23)32)29(33)37)30-34-26-7-2-3-8-27(26)36(30)19-21-9-11-24(31)12-10-21/h2-12,20,22H,13-19,32H2,1H3,(H2,33,37). The number of amides is 1. The molecule has 1 atom stereocenters. The van der Waals surface area contributed by atoms with E-state index in [1.807, 2.05) is 36.4 Å². The van der Waals surface area contributed by atoms with Crippen molar-refractivity contribution in [1.82, 2.24) is 14.5 Å². The largest absolute Gasteiger partial charge is 0.398 e. The predicted octanol–water partition coefficient (Wildman–Crippen LogP) is 4.96. The highest BCUT2D eigenvalue weighted by Gasteiger charge is 2.28. The number of para-hydroxylation sites is 3. The van der Waals surface area contributed by atoms with Crippen molar-refractivity contribution in [2.75, 3.05) is 25.4 Å². The second-order valence-corrected chi connectivity index (χ2v) is 10.1. The monoisotopic (exact) mass is 499 g/mol. The van der Waals surface area contributed by atoms with E-state index >= 15 is 0 Å². The van der Waals surface area contributed by atoms with Gasteiger partial charge in [-0.1, -0.05) is 43.3 Å². The number of likely N-dealkylation sites (tertiary alicyclic amines) is 1. The summed E-state index contributed by atoms with van der Waals surface area (Å²) in [5.41, 5.74) is 16.7. The van der Waals surface area contributed by atoms with Crippen molar-refractivity contribution in [2.45, 2.75) is 38.6 Å². The Balaban J connectivity index is 1.26. The normalized spacial score (nSPS) is 15.7. The van der Waals surface area contributed by atoms with Gasteiger partial charge in [-0.05, 0) is 79.7 Å². The van der Waals surface area contributed by atoms with E-state index in [9.17, 15) is 9.18 Å². The summed E-state index contributed by atoms with van der Waals surface area (Å²) in [6, 6.07) is 20.5. The van der Waals surface area contributed by atoms with Crippen LogP contribution in [0.5, 0.6) is 0 Å². The number of nitrogens with two attached hydrogens (primary N) is 2. The summed E-state index contributed by atoms with van der Waals surface area (Å²) in [6.45, 7) is 5.89. The number of fused-ring (bicyclic) bond motifs is 1. The molecule has 0 saturated carbocycles. The molecule has 1 aliphatic rings. The van der Waals surface area contributed by atoms with Crippen LogP contribution in [0.2, 0.25) is 0 Å². The summed E-state index contributed by atoms with van der Waals surface area (Å²) in [5.74, 6) is 1.23. The summed E-state index contributed by atoms with van der Waals surface area (Å²) in [7, 11) is 0. The molecule has 0 spiro atoms. The first kappa shape index (κ1) is 25.0. The van der Waals surface area contributed by atoms with Gasteiger partial charge in [0.05, 0.1) is 16.6 Å². The Kier molecular flexibility index (Phi) is 7.24. The molecule has 1 fully saturated rings. The lowest BCUT2D eigenvalue weighted by molar-refractivity contribution is 0.100. The molecule has 0 bridgehead atoms. The average molecular weight is 500 g/mol. The van der Waals surface area contributed by atoms with E-state index in [2.05, 4.69) is 28.5 Å². The molecular weight excluding hydrogens is 465 g/mol. The van der Waals surface area contributed by atoms with Crippen molar-refractivity contribution in [3.63, 3.8) is 0 Å². The fourth-order valence-electron chi connectivity index (χ4n) is 5.59. The number of anilines is 1. The van der Waals surface area contributed by atoms with Crippen LogP contribution in [-0.2, 0) is 13.0 Å². The molecule has 6 nitrogen and oxygen atoms in total. The molecule has 1 saturated heterocycles. The molecule has 192 valence electrons. The minimum atomic E-state index is -0.486. The molecule has 0 radical (unpaired) electrons. The molecular formula is C30H34FN5O. The SMILES string of the molecule is CC(c1nc2ccccc2n1Cc1ccc(F)cc1)C1CCN(CCc2cccc(C(N)=O)c2N)CC1. The highest BCUT2D eigenvalue weighted by Crippen LogP contribution is 2.34. The van der Waals surface area contributed by atoms with Crippen LogP contribution in [0.15, 0.2) is 66.7 Å². The van der Waals surface area contributed by atoms with Gasteiger partial charge in [0, 0.05) is 24.7 Å². The van der Waals surface area contributed by atoms with Crippen LogP contribution in [0.25, 0.3) is 11.0 Å². The van der Waals surface area contributed by atoms with Crippen molar-refractivity contribution in [3.05, 3.63) is 95.1 Å². The Morgan fingerprint density at radius 2 is 1.78 bits per heavy atom. The first-order valence-corrected chi connectivity index (χ1v) is 13.0. The fourth-order valence-corrected chi connectivity index (χ4v) is 5.59. The predicted molar refractivity (Wildman–Crippen MR) is 146 cm³/mol. The van der Waals surface area contributed by atoms with Gasteiger partial charge in [0.15, 0.2) is 0 Å². The van der Waals surface area contributed by atoms with Crippen molar-refractivity contribution in [1.29, 1.82) is 0 Å². The Morgan fingerprint density at radius 1 is 1.05 bits per heavy atom. The second-order valence-electron chi connectivity index (χ2n) is 10.1. The Labute approximate surface area is 217 Å². The summed E-state index contributed by atoms with van der Waals surface area (Å²) < 4.78 is 15.8. The van der Waals surface area contributed by atoms with Crippen LogP contribution in [-0.4, -0.2) is 40.0 Å². The summed E-state index contributed by atoms with van der Waals surface area (Å²) in [6.07, 6.45) is 2.98. The number of piperidine rings is 1. The number of hydrogen-bond donors (Lipinski definition) is 2. The summed E-state index contributed by atoms with van der Waals surface area (Å²) in [5, 5.41) is 0. The zero-order chi connectivity index (χ0) is 25.9. The molecule has 7 heteroatoms. The third-order valence-corrected chi connectivity index (χ3v) is 7.84. The number of nitrogen functional groups attached to an aromatic ring is 1. The number of aromatic nitrogens is 2. The lowest BCUT2D eigenvalue weighted by atomic mass is 9.84. The molecule has 0 aliphatic carbocycles. The molecule has 1 amide bonds. The van der Waals surface area contributed by atoms with Crippen molar-refractivity contribution in [2.24, 2.45) is 11.7 Å². The highest BCUT2D eigenvalue weighted by atomic mass is 19.1. The van der Waals surface area contributed by atoms with E-state index in [4.69, 9.17) is 16.5 Å². The second kappa shape index (κ2) is 10.7. The molecule has 2 heterocycles. The minimum Gasteiger partial charge on any atom is -0.398 e. The molecule has 1 aliphatic heterocycles. The van der Waals surface area contributed by atoms with Crippen LogP contribution in [0.4, 0.5) is 10.1 Å². The van der Waals surface area contributed by atoms with E-state index in [0.29, 0.717) is 29.6 Å². The zero-order valence-electron chi connectivity index (χ0n) is 21.2. The van der Waals surface area contributed by atoms with Gasteiger partial charge in [0.1, 0.15) is 11.6 Å². The Morgan fingerprint density at radius 3 is 2.51 bits per heavy atom. The lowest BCUT2D eigenvalue weighted by Gasteiger charge is -2.35. The molecule has 5 rings (SSSR count). The van der Waals surface area contributed by atoms with E-state index in [1.165, 1.54) is 12.1 Å². The lowest BCUT2D eigenvalue weighted by Crippen LogP contribution is -2.37. The van der Waals surface area contributed by atoms with E-state index in [1.54, 1.807) is 6.07 Å². The summed E-state index contributed by atoms with van der Waals surface area (Å²) in [4.78, 5) is 19.1. The smallest absolute Gasteiger partial charge is 0.250 e. The van der Waals surface area contributed by atoms with Crippen LogP contribution in [0, 0.1) is 11.7 Å². The number of halogens is 1. The average Bonchev–Trinajstić information content (AvgIpc) is 3.27. The number of nitrogens with zero attached hydrogens (tertiary/aromatic N) is 3.